The number of carboxylic acid groups (broad SMARTS) is 2. The van der Waals surface area contributed by atoms with E-state index in [-0.39, 0.29) is 5.92 Å². The van der Waals surface area contributed by atoms with Crippen LogP contribution in [0.3, 0.4) is 0 Å². The first-order valence-electron chi connectivity index (χ1n) is 12.8. The van der Waals surface area contributed by atoms with Crippen molar-refractivity contribution in [3.05, 3.63) is 4.91 Å². The molecule has 34 heavy (non-hydrogen) atoms. The van der Waals surface area contributed by atoms with Gasteiger partial charge in [-0.25, -0.2) is 4.79 Å². The third-order valence-electron chi connectivity index (χ3n) is 8.18. The predicted molar refractivity (Wildman–Crippen MR) is 130 cm³/mol. The highest BCUT2D eigenvalue weighted by Gasteiger charge is 2.53. The Morgan fingerprint density at radius 2 is 1.62 bits per heavy atom. The summed E-state index contributed by atoms with van der Waals surface area (Å²) in [5.41, 5.74) is 0. The van der Waals surface area contributed by atoms with Crippen LogP contribution in [0.2, 0.25) is 0 Å². The predicted octanol–water partition coefficient (Wildman–Crippen LogP) is 4.20. The molecule has 3 rings (SSSR count). The Hall–Kier alpha value is -1.68. The number of rotatable bonds is 11. The van der Waals surface area contributed by atoms with Crippen molar-refractivity contribution in [3.8, 4) is 0 Å². The first kappa shape index (κ1) is 26.9. The molecule has 0 aromatic carbocycles. The number of hydrogen-bond donors (Lipinski definition) is 3. The summed E-state index contributed by atoms with van der Waals surface area (Å²) in [7, 11) is 0. The molecule has 1 amide bonds. The van der Waals surface area contributed by atoms with Gasteiger partial charge in [-0.15, -0.1) is 4.91 Å². The lowest BCUT2D eigenvalue weighted by Crippen LogP contribution is -2.62. The smallest absolute Gasteiger partial charge is 0.326 e. The van der Waals surface area contributed by atoms with Crippen LogP contribution in [0.15, 0.2) is 4.58 Å². The van der Waals surface area contributed by atoms with E-state index in [4.69, 9.17) is 0 Å². The fourth-order valence-electron chi connectivity index (χ4n) is 6.47. The second-order valence-electron chi connectivity index (χ2n) is 10.4. The average Bonchev–Trinajstić information content (AvgIpc) is 3.33. The maximum absolute atomic E-state index is 13.2. The number of carbonyl (C=O) groups excluding carboxylic acids is 1. The summed E-state index contributed by atoms with van der Waals surface area (Å²) in [5, 5.41) is 22.9. The molecule has 0 bridgehead atoms. The number of carboxylic acids is 2. The first-order chi connectivity index (χ1) is 16.3. The monoisotopic (exact) mass is 497 g/mol. The molecule has 2 aliphatic carbocycles. The van der Waals surface area contributed by atoms with E-state index in [1.54, 1.807) is 6.92 Å². The Balaban J connectivity index is 1.89. The van der Waals surface area contributed by atoms with Gasteiger partial charge in [-0.2, -0.15) is 0 Å². The van der Waals surface area contributed by atoms with E-state index in [0.29, 0.717) is 31.7 Å². The van der Waals surface area contributed by atoms with Crippen molar-refractivity contribution in [3.63, 3.8) is 0 Å². The molecular formula is C24H39N3O6S. The minimum Gasteiger partial charge on any atom is -0.480 e. The molecule has 1 saturated heterocycles. The third-order valence-corrected chi connectivity index (χ3v) is 9.33. The zero-order valence-corrected chi connectivity index (χ0v) is 20.9. The molecule has 10 heteroatoms. The summed E-state index contributed by atoms with van der Waals surface area (Å²) >= 11 is 0.859. The zero-order valence-electron chi connectivity index (χ0n) is 20.1. The van der Waals surface area contributed by atoms with Crippen LogP contribution in [0, 0.1) is 16.7 Å². The average molecular weight is 498 g/mol. The normalized spacial score (nSPS) is 25.9. The fraction of sp³-hybridized carbons (Fsp3) is 0.875. The van der Waals surface area contributed by atoms with Crippen molar-refractivity contribution >= 4 is 29.8 Å². The van der Waals surface area contributed by atoms with Crippen molar-refractivity contribution in [1.82, 2.24) is 10.2 Å². The number of hydrogen-bond acceptors (Lipinski definition) is 7. The highest BCUT2D eigenvalue weighted by atomic mass is 32.2. The SMILES string of the molecule is CC(NC(C(=O)O)C(CC1CCCCC1)(SN=O)C1CCCCC1)C(=O)N1CCCC1C(=O)O. The van der Waals surface area contributed by atoms with Crippen molar-refractivity contribution in [2.45, 2.75) is 113 Å². The molecule has 0 spiro atoms. The van der Waals surface area contributed by atoms with Crippen LogP contribution >= 0.6 is 11.9 Å². The lowest BCUT2D eigenvalue weighted by molar-refractivity contribution is -0.149. The number of aliphatic carboxylic acids is 2. The summed E-state index contributed by atoms with van der Waals surface area (Å²) in [5.74, 6) is -2.19. The van der Waals surface area contributed by atoms with Crippen LogP contribution in [-0.4, -0.2) is 62.4 Å². The third kappa shape index (κ3) is 6.11. The lowest BCUT2D eigenvalue weighted by Gasteiger charge is -2.46. The summed E-state index contributed by atoms with van der Waals surface area (Å²) in [6.45, 7) is 1.95. The summed E-state index contributed by atoms with van der Waals surface area (Å²) in [6, 6.07) is -2.90. The largest absolute Gasteiger partial charge is 0.480 e. The molecule has 3 aliphatic rings. The Morgan fingerprint density at radius 1 is 1.00 bits per heavy atom. The van der Waals surface area contributed by atoms with Gasteiger partial charge in [-0.1, -0.05) is 51.4 Å². The maximum Gasteiger partial charge on any atom is 0.326 e. The zero-order chi connectivity index (χ0) is 24.7. The van der Waals surface area contributed by atoms with Gasteiger partial charge in [0.15, 0.2) is 0 Å². The van der Waals surface area contributed by atoms with Gasteiger partial charge in [0, 0.05) is 23.1 Å². The van der Waals surface area contributed by atoms with Gasteiger partial charge in [-0.05, 0) is 50.9 Å². The lowest BCUT2D eigenvalue weighted by atomic mass is 9.69. The highest BCUT2D eigenvalue weighted by Crippen LogP contribution is 2.50. The molecule has 0 aromatic heterocycles. The second-order valence-corrected chi connectivity index (χ2v) is 11.4. The number of nitroso groups, excluding NO2 is 1. The molecule has 2 saturated carbocycles. The molecule has 3 fully saturated rings. The number of nitrogens with zero attached hydrogens (tertiary/aromatic N) is 2. The fourth-order valence-corrected chi connectivity index (χ4v) is 7.57. The van der Waals surface area contributed by atoms with Crippen molar-refractivity contribution < 1.29 is 24.6 Å². The minimum absolute atomic E-state index is 0.0142. The number of carbonyl (C=O) groups is 3. The number of amides is 1. The molecule has 1 heterocycles. The van der Waals surface area contributed by atoms with Crippen molar-refractivity contribution in [2.75, 3.05) is 6.54 Å². The van der Waals surface area contributed by atoms with Gasteiger partial charge < -0.3 is 15.1 Å². The molecule has 9 nitrogen and oxygen atoms in total. The Bertz CT molecular complexity index is 740. The topological polar surface area (TPSA) is 136 Å². The van der Waals surface area contributed by atoms with Crippen LogP contribution in [-0.2, 0) is 14.4 Å². The first-order valence-corrected chi connectivity index (χ1v) is 13.6. The van der Waals surface area contributed by atoms with Gasteiger partial charge in [0.25, 0.3) is 0 Å². The van der Waals surface area contributed by atoms with Crippen molar-refractivity contribution in [1.29, 1.82) is 0 Å². The summed E-state index contributed by atoms with van der Waals surface area (Å²) in [6.07, 6.45) is 11.8. The number of likely N-dealkylation sites (tertiary alicyclic amines) is 1. The molecule has 192 valence electrons. The van der Waals surface area contributed by atoms with Crippen LogP contribution in [0.1, 0.15) is 90.4 Å². The molecule has 3 N–H and O–H groups in total. The standard InChI is InChI=1S/C24H39N3O6S/c1-16(21(28)27-14-8-13-19(27)22(29)30)25-20(23(31)32)24(34-26-33,18-11-6-3-7-12-18)15-17-9-4-2-5-10-17/h16-20,25H,2-15H2,1H3,(H,29,30)(H,31,32). The van der Waals surface area contributed by atoms with Crippen LogP contribution in [0.4, 0.5) is 0 Å². The minimum atomic E-state index is -1.13. The molecular weight excluding hydrogens is 458 g/mol. The quantitative estimate of drug-likeness (QED) is 0.285. The van der Waals surface area contributed by atoms with E-state index in [9.17, 15) is 29.5 Å². The maximum atomic E-state index is 13.2. The number of nitrogens with one attached hydrogen (secondary N) is 1. The molecule has 4 atom stereocenters. The van der Waals surface area contributed by atoms with E-state index in [2.05, 4.69) is 9.90 Å². The van der Waals surface area contributed by atoms with Crippen LogP contribution < -0.4 is 5.32 Å². The Labute approximate surface area is 205 Å². The molecule has 1 aliphatic heterocycles. The van der Waals surface area contributed by atoms with E-state index in [1.165, 1.54) is 11.3 Å². The van der Waals surface area contributed by atoms with Gasteiger partial charge in [0.2, 0.25) is 5.91 Å². The molecule has 4 unspecified atom stereocenters. The Morgan fingerprint density at radius 3 is 2.18 bits per heavy atom. The van der Waals surface area contributed by atoms with E-state index in [0.717, 1.165) is 69.7 Å². The molecule has 0 aromatic rings. The Kier molecular flexibility index (Phi) is 9.76. The van der Waals surface area contributed by atoms with Gasteiger partial charge in [0.1, 0.15) is 12.1 Å². The van der Waals surface area contributed by atoms with Gasteiger partial charge >= 0.3 is 11.9 Å². The summed E-state index contributed by atoms with van der Waals surface area (Å²) < 4.78 is 2.26. The second kappa shape index (κ2) is 12.3. The van der Waals surface area contributed by atoms with Gasteiger partial charge in [-0.3, -0.25) is 14.9 Å². The van der Waals surface area contributed by atoms with Crippen molar-refractivity contribution in [2.24, 2.45) is 16.4 Å². The van der Waals surface area contributed by atoms with Crippen LogP contribution in [0.25, 0.3) is 0 Å². The highest BCUT2D eigenvalue weighted by molar-refractivity contribution is 7.99. The molecule has 0 radical (unpaired) electrons. The van der Waals surface area contributed by atoms with E-state index in [1.807, 2.05) is 0 Å². The van der Waals surface area contributed by atoms with Crippen LogP contribution in [0.5, 0.6) is 0 Å². The van der Waals surface area contributed by atoms with E-state index >= 15 is 0 Å². The van der Waals surface area contributed by atoms with Gasteiger partial charge in [0.05, 0.1) is 10.8 Å². The summed E-state index contributed by atoms with van der Waals surface area (Å²) in [4.78, 5) is 50.6. The van der Waals surface area contributed by atoms with E-state index < -0.39 is 40.7 Å².